The van der Waals surface area contributed by atoms with Crippen LogP contribution >= 0.6 is 11.8 Å². The molecule has 0 unspecified atom stereocenters. The number of hydrogen-bond acceptors (Lipinski definition) is 5. The Morgan fingerprint density at radius 1 is 1.21 bits per heavy atom. The van der Waals surface area contributed by atoms with Crippen LogP contribution in [0.3, 0.4) is 0 Å². The van der Waals surface area contributed by atoms with E-state index in [0.717, 1.165) is 23.4 Å². The van der Waals surface area contributed by atoms with Gasteiger partial charge in [0.2, 0.25) is 0 Å². The summed E-state index contributed by atoms with van der Waals surface area (Å²) >= 11 is 0.957. The van der Waals surface area contributed by atoms with Crippen LogP contribution in [0.1, 0.15) is 12.5 Å². The van der Waals surface area contributed by atoms with Gasteiger partial charge in [-0.05, 0) is 31.2 Å². The third-order valence-electron chi connectivity index (χ3n) is 2.19. The summed E-state index contributed by atoms with van der Waals surface area (Å²) in [5, 5.41) is 3.14. The molecule has 0 saturated carbocycles. The Kier molecular flexibility index (Phi) is 4.26. The molecule has 2 aromatic rings. The lowest BCUT2D eigenvalue weighted by Crippen LogP contribution is -2.04. The van der Waals surface area contributed by atoms with Gasteiger partial charge < -0.3 is 5.32 Å². The molecular weight excluding hydrogens is 270 g/mol. The molecule has 7 heteroatoms. The quantitative estimate of drug-likeness (QED) is 0.873. The minimum atomic E-state index is -0.728. The van der Waals surface area contributed by atoms with Gasteiger partial charge in [-0.25, -0.2) is 23.7 Å². The van der Waals surface area contributed by atoms with Crippen molar-refractivity contribution < 1.29 is 8.78 Å². The van der Waals surface area contributed by atoms with E-state index >= 15 is 0 Å². The average Bonchev–Trinajstić information content (AvgIpc) is 2.38. The molecule has 2 aromatic heterocycles. The number of rotatable bonds is 4. The number of anilines is 1. The van der Waals surface area contributed by atoms with E-state index in [2.05, 4.69) is 20.3 Å². The molecular formula is C12H12F2N4S. The molecule has 0 amide bonds. The minimum absolute atomic E-state index is 0.0264. The molecule has 0 bridgehead atoms. The summed E-state index contributed by atoms with van der Waals surface area (Å²) in [6.45, 7) is 4.16. The molecule has 0 spiro atoms. The third-order valence-corrected chi connectivity index (χ3v) is 3.06. The Balaban J connectivity index is 2.28. The molecule has 19 heavy (non-hydrogen) atoms. The number of halogens is 2. The summed E-state index contributed by atoms with van der Waals surface area (Å²) in [6, 6.07) is 0.807. The van der Waals surface area contributed by atoms with Gasteiger partial charge in [0.25, 0.3) is 0 Å². The molecule has 0 fully saturated rings. The number of aryl methyl sites for hydroxylation is 1. The summed E-state index contributed by atoms with van der Waals surface area (Å²) in [7, 11) is 0. The summed E-state index contributed by atoms with van der Waals surface area (Å²) in [4.78, 5) is 12.0. The van der Waals surface area contributed by atoms with E-state index in [4.69, 9.17) is 0 Å². The van der Waals surface area contributed by atoms with Crippen molar-refractivity contribution >= 4 is 17.6 Å². The first-order chi connectivity index (χ1) is 9.10. The van der Waals surface area contributed by atoms with E-state index in [1.807, 2.05) is 6.92 Å². The summed E-state index contributed by atoms with van der Waals surface area (Å²) in [6.07, 6.45) is 3.25. The van der Waals surface area contributed by atoms with E-state index in [-0.39, 0.29) is 10.8 Å². The second-order valence-corrected chi connectivity index (χ2v) is 4.74. The van der Waals surface area contributed by atoms with Crippen LogP contribution in [0.25, 0.3) is 0 Å². The highest BCUT2D eigenvalue weighted by molar-refractivity contribution is 7.99. The van der Waals surface area contributed by atoms with Crippen molar-refractivity contribution in [2.45, 2.75) is 24.0 Å². The molecule has 0 saturated heterocycles. The van der Waals surface area contributed by atoms with Crippen molar-refractivity contribution in [2.75, 3.05) is 11.9 Å². The molecule has 0 radical (unpaired) electrons. The van der Waals surface area contributed by atoms with Gasteiger partial charge in [-0.2, -0.15) is 0 Å². The smallest absolute Gasteiger partial charge is 0.193 e. The zero-order valence-corrected chi connectivity index (χ0v) is 11.3. The van der Waals surface area contributed by atoms with Crippen LogP contribution in [-0.2, 0) is 0 Å². The molecule has 0 aliphatic rings. The first-order valence-corrected chi connectivity index (χ1v) is 6.48. The number of nitrogens with one attached hydrogen (secondary N) is 1. The number of aromatic nitrogens is 3. The normalized spacial score (nSPS) is 10.5. The van der Waals surface area contributed by atoms with Crippen LogP contribution in [0.15, 0.2) is 28.6 Å². The van der Waals surface area contributed by atoms with E-state index < -0.39 is 11.6 Å². The van der Waals surface area contributed by atoms with Crippen molar-refractivity contribution in [1.82, 2.24) is 15.0 Å². The van der Waals surface area contributed by atoms with Gasteiger partial charge in [0.05, 0.1) is 0 Å². The lowest BCUT2D eigenvalue weighted by Gasteiger charge is -2.07. The second kappa shape index (κ2) is 5.92. The van der Waals surface area contributed by atoms with Crippen LogP contribution in [0.5, 0.6) is 0 Å². The maximum absolute atomic E-state index is 13.6. The molecule has 2 rings (SSSR count). The topological polar surface area (TPSA) is 50.7 Å². The summed E-state index contributed by atoms with van der Waals surface area (Å²) < 4.78 is 27.0. The van der Waals surface area contributed by atoms with Crippen LogP contribution in [-0.4, -0.2) is 21.5 Å². The maximum Gasteiger partial charge on any atom is 0.193 e. The molecule has 0 aliphatic heterocycles. The fourth-order valence-corrected chi connectivity index (χ4v) is 2.01. The summed E-state index contributed by atoms with van der Waals surface area (Å²) in [5.74, 6) is -1.42. The van der Waals surface area contributed by atoms with Crippen molar-refractivity contribution in [3.05, 3.63) is 35.7 Å². The Morgan fingerprint density at radius 2 is 1.89 bits per heavy atom. The highest BCUT2D eigenvalue weighted by atomic mass is 32.2. The number of pyridine rings is 1. The van der Waals surface area contributed by atoms with Gasteiger partial charge in [-0.15, -0.1) is 0 Å². The SMILES string of the molecule is CCNc1nc(Sc2ncc(C)cn2)c(F)cc1F. The first kappa shape index (κ1) is 13.7. The van der Waals surface area contributed by atoms with E-state index in [9.17, 15) is 8.78 Å². The van der Waals surface area contributed by atoms with Gasteiger partial charge in [0.1, 0.15) is 5.03 Å². The summed E-state index contributed by atoms with van der Waals surface area (Å²) in [5.41, 5.74) is 0.908. The standard InChI is InChI=1S/C12H12F2N4S/c1-3-15-10-8(13)4-9(14)11(18-10)19-12-16-5-7(2)6-17-12/h4-6H,3H2,1-2H3,(H,15,18). The van der Waals surface area contributed by atoms with E-state index in [1.165, 1.54) is 0 Å². The molecule has 4 nitrogen and oxygen atoms in total. The predicted octanol–water partition coefficient (Wildman–Crippen LogP) is 3.04. The van der Waals surface area contributed by atoms with E-state index in [1.54, 1.807) is 19.3 Å². The maximum atomic E-state index is 13.6. The molecule has 0 aromatic carbocycles. The number of hydrogen-bond donors (Lipinski definition) is 1. The number of nitrogens with zero attached hydrogens (tertiary/aromatic N) is 3. The highest BCUT2D eigenvalue weighted by Gasteiger charge is 2.13. The minimum Gasteiger partial charge on any atom is -0.368 e. The molecule has 2 heterocycles. The molecule has 0 atom stereocenters. The fraction of sp³-hybridized carbons (Fsp3) is 0.250. The second-order valence-electron chi connectivity index (χ2n) is 3.78. The van der Waals surface area contributed by atoms with Crippen molar-refractivity contribution in [2.24, 2.45) is 0 Å². The van der Waals surface area contributed by atoms with Gasteiger partial charge in [0.15, 0.2) is 22.6 Å². The average molecular weight is 282 g/mol. The zero-order valence-electron chi connectivity index (χ0n) is 10.4. The van der Waals surface area contributed by atoms with Crippen molar-refractivity contribution in [3.63, 3.8) is 0 Å². The van der Waals surface area contributed by atoms with Crippen LogP contribution in [0, 0.1) is 18.6 Å². The molecule has 100 valence electrons. The van der Waals surface area contributed by atoms with Gasteiger partial charge in [-0.1, -0.05) is 0 Å². The fourth-order valence-electron chi connectivity index (χ4n) is 1.33. The molecule has 0 aliphatic carbocycles. The Morgan fingerprint density at radius 3 is 2.53 bits per heavy atom. The lowest BCUT2D eigenvalue weighted by molar-refractivity contribution is 0.551. The Hall–Kier alpha value is -1.76. The largest absolute Gasteiger partial charge is 0.368 e. The highest BCUT2D eigenvalue weighted by Crippen LogP contribution is 2.27. The van der Waals surface area contributed by atoms with Crippen LogP contribution < -0.4 is 5.32 Å². The van der Waals surface area contributed by atoms with Gasteiger partial charge >= 0.3 is 0 Å². The Labute approximate surface area is 113 Å². The van der Waals surface area contributed by atoms with Crippen molar-refractivity contribution in [3.8, 4) is 0 Å². The third kappa shape index (κ3) is 3.37. The van der Waals surface area contributed by atoms with Crippen LogP contribution in [0.4, 0.5) is 14.6 Å². The van der Waals surface area contributed by atoms with Gasteiger partial charge in [0, 0.05) is 25.0 Å². The molecule has 1 N–H and O–H groups in total. The predicted molar refractivity (Wildman–Crippen MR) is 69.2 cm³/mol. The Bertz CT molecular complexity index is 575. The van der Waals surface area contributed by atoms with Crippen LogP contribution in [0.2, 0.25) is 0 Å². The zero-order chi connectivity index (χ0) is 13.8. The monoisotopic (exact) mass is 282 g/mol. The van der Waals surface area contributed by atoms with Gasteiger partial charge in [-0.3, -0.25) is 0 Å². The van der Waals surface area contributed by atoms with E-state index in [0.29, 0.717) is 11.7 Å². The lowest BCUT2D eigenvalue weighted by atomic mass is 10.4. The first-order valence-electron chi connectivity index (χ1n) is 5.66. The van der Waals surface area contributed by atoms with Crippen molar-refractivity contribution in [1.29, 1.82) is 0 Å².